The van der Waals surface area contributed by atoms with Gasteiger partial charge in [-0.2, -0.15) is 0 Å². The molecule has 3 aliphatic heterocycles. The van der Waals surface area contributed by atoms with Crippen LogP contribution in [0.25, 0.3) is 21.5 Å². The molecular weight excluding hydrogens is 496 g/mol. The maximum absolute atomic E-state index is 5.13. The molecule has 9 rings (SSSR count). The lowest BCUT2D eigenvalue weighted by Gasteiger charge is -2.12. The van der Waals surface area contributed by atoms with Crippen LogP contribution >= 0.6 is 0 Å². The number of hydrogen-bond acceptors (Lipinski definition) is 6. The highest BCUT2D eigenvalue weighted by atomic mass is 15.2. The average molecular weight is 519 g/mol. The van der Waals surface area contributed by atoms with Gasteiger partial charge in [-0.25, -0.2) is 20.0 Å². The number of anilines is 1. The van der Waals surface area contributed by atoms with Crippen LogP contribution in [0.4, 0.5) is 11.6 Å². The molecule has 8 heteroatoms. The Bertz CT molecular complexity index is 2200. The van der Waals surface area contributed by atoms with Crippen molar-refractivity contribution in [1.29, 1.82) is 0 Å². The van der Waals surface area contributed by atoms with Crippen LogP contribution in [0.2, 0.25) is 0 Å². The van der Waals surface area contributed by atoms with Crippen LogP contribution in [-0.4, -0.2) is 21.6 Å². The van der Waals surface area contributed by atoms with Crippen LogP contribution in [0.3, 0.4) is 0 Å². The number of nitrogens with one attached hydrogen (secondary N) is 4. The first kappa shape index (κ1) is 21.4. The summed E-state index contributed by atoms with van der Waals surface area (Å²) in [5, 5.41) is 11.3. The Morgan fingerprint density at radius 2 is 1.15 bits per heavy atom. The number of H-pyrrole nitrogens is 2. The predicted octanol–water partition coefficient (Wildman–Crippen LogP) is 5.15. The minimum atomic E-state index is -0.398. The van der Waals surface area contributed by atoms with E-state index in [2.05, 4.69) is 69.1 Å². The van der Waals surface area contributed by atoms with Gasteiger partial charge in [0.15, 0.2) is 6.17 Å². The van der Waals surface area contributed by atoms with Crippen molar-refractivity contribution >= 4 is 44.9 Å². The first-order valence-electron chi connectivity index (χ1n) is 13.3. The van der Waals surface area contributed by atoms with E-state index in [0.717, 1.165) is 78.1 Å². The monoisotopic (exact) mass is 518 g/mol. The zero-order valence-corrected chi connectivity index (χ0v) is 21.2. The Labute approximate surface area is 228 Å². The van der Waals surface area contributed by atoms with Crippen LogP contribution in [0.5, 0.6) is 0 Å². The first-order valence-corrected chi connectivity index (χ1v) is 13.3. The quantitative estimate of drug-likeness (QED) is 0.223. The van der Waals surface area contributed by atoms with E-state index in [1.807, 2.05) is 48.5 Å². The molecular formula is C32H22N8. The topological polar surface area (TPSA) is 105 Å². The zero-order chi connectivity index (χ0) is 26.2. The van der Waals surface area contributed by atoms with Crippen molar-refractivity contribution in [3.63, 3.8) is 0 Å². The fraction of sp³-hybridized carbons (Fsp3) is 0.0625. The summed E-state index contributed by atoms with van der Waals surface area (Å²) < 4.78 is 0. The van der Waals surface area contributed by atoms with E-state index in [9.17, 15) is 0 Å². The molecule has 3 aliphatic rings. The third-order valence-corrected chi connectivity index (χ3v) is 7.88. The SMILES string of the molecule is c1ccc2c(c1)C1=NC2N=c2[nH]c(c3ccccc23)=Nc2[nH]c(c3ccccc23)NC2N=C(N1)c1ccccc12. The molecule has 0 amide bonds. The second kappa shape index (κ2) is 8.00. The minimum absolute atomic E-state index is 0.280. The van der Waals surface area contributed by atoms with Crippen LogP contribution in [0.1, 0.15) is 34.6 Å². The standard InChI is InChI=1S/C32H22N8/c1-2-10-18-17(9-1)25-33-26(18)38-28-21-13-5-6-14-22(21)30(35-28)40-32-24-16-8-7-15-23(24)31(36-32)39-29-20-12-4-3-11-19(20)27(34-29)37-25/h1-16,25,30,34,37H,(H,33,35,38)(H,36,39,40). The highest BCUT2D eigenvalue weighted by Crippen LogP contribution is 2.37. The molecule has 0 aliphatic carbocycles. The van der Waals surface area contributed by atoms with Crippen molar-refractivity contribution in [2.75, 3.05) is 5.32 Å². The third-order valence-electron chi connectivity index (χ3n) is 7.88. The number of rotatable bonds is 0. The summed E-state index contributed by atoms with van der Waals surface area (Å²) in [5.41, 5.74) is 5.72. The Balaban J connectivity index is 1.36. The Morgan fingerprint density at radius 3 is 1.98 bits per heavy atom. The fourth-order valence-electron chi connectivity index (χ4n) is 6.00. The summed E-state index contributed by atoms with van der Waals surface area (Å²) in [5.74, 6) is 3.18. The third kappa shape index (κ3) is 3.07. The number of aromatic amines is 2. The lowest BCUT2D eigenvalue weighted by molar-refractivity contribution is 0.759. The first-order chi connectivity index (χ1) is 19.8. The summed E-state index contributed by atoms with van der Waals surface area (Å²) in [6.45, 7) is 0. The molecule has 40 heavy (non-hydrogen) atoms. The number of amidine groups is 2. The predicted molar refractivity (Wildman–Crippen MR) is 157 cm³/mol. The van der Waals surface area contributed by atoms with E-state index in [1.165, 1.54) is 0 Å². The summed E-state index contributed by atoms with van der Waals surface area (Å²) >= 11 is 0. The molecule has 2 atom stereocenters. The van der Waals surface area contributed by atoms with Gasteiger partial charge >= 0.3 is 0 Å². The molecule has 8 nitrogen and oxygen atoms in total. The summed E-state index contributed by atoms with van der Waals surface area (Å²) in [6, 6.07) is 33.0. The van der Waals surface area contributed by atoms with Gasteiger partial charge in [-0.05, 0) is 0 Å². The molecule has 0 spiro atoms. The Hall–Kier alpha value is -5.50. The Kier molecular flexibility index (Phi) is 4.29. The molecule has 8 bridgehead atoms. The maximum atomic E-state index is 5.13. The number of benzene rings is 4. The van der Waals surface area contributed by atoms with Gasteiger partial charge in [0.2, 0.25) is 0 Å². The van der Waals surface area contributed by atoms with Crippen molar-refractivity contribution in [3.8, 4) is 0 Å². The zero-order valence-electron chi connectivity index (χ0n) is 21.2. The van der Waals surface area contributed by atoms with E-state index in [-0.39, 0.29) is 6.17 Å². The minimum Gasteiger partial charge on any atom is -0.346 e. The van der Waals surface area contributed by atoms with Gasteiger partial charge < -0.3 is 20.6 Å². The molecule has 4 aromatic carbocycles. The van der Waals surface area contributed by atoms with Gasteiger partial charge in [-0.15, -0.1) is 0 Å². The summed E-state index contributed by atoms with van der Waals surface area (Å²) in [4.78, 5) is 27.4. The number of aromatic nitrogens is 2. The lowest BCUT2D eigenvalue weighted by Crippen LogP contribution is -2.30. The average Bonchev–Trinajstić information content (AvgIpc) is 3.73. The lowest BCUT2D eigenvalue weighted by atomic mass is 10.1. The number of hydrogen-bond donors (Lipinski definition) is 4. The van der Waals surface area contributed by atoms with Gasteiger partial charge in [0.25, 0.3) is 0 Å². The molecule has 6 aromatic rings. The van der Waals surface area contributed by atoms with E-state index >= 15 is 0 Å². The van der Waals surface area contributed by atoms with E-state index in [4.69, 9.17) is 20.0 Å². The molecule has 0 saturated carbocycles. The molecule has 5 heterocycles. The van der Waals surface area contributed by atoms with Gasteiger partial charge in [-0.1, -0.05) is 97.1 Å². The normalized spacial score (nSPS) is 18.6. The van der Waals surface area contributed by atoms with Crippen molar-refractivity contribution in [2.45, 2.75) is 12.3 Å². The van der Waals surface area contributed by atoms with Crippen LogP contribution in [0.15, 0.2) is 117 Å². The van der Waals surface area contributed by atoms with Crippen LogP contribution < -0.4 is 21.6 Å². The second-order valence-corrected chi connectivity index (χ2v) is 10.2. The van der Waals surface area contributed by atoms with Crippen molar-refractivity contribution < 1.29 is 0 Å². The van der Waals surface area contributed by atoms with E-state index in [1.54, 1.807) is 0 Å². The molecule has 2 unspecified atom stereocenters. The van der Waals surface area contributed by atoms with Crippen molar-refractivity contribution in [1.82, 2.24) is 15.3 Å². The van der Waals surface area contributed by atoms with Crippen LogP contribution in [-0.2, 0) is 0 Å². The van der Waals surface area contributed by atoms with Gasteiger partial charge in [0.1, 0.15) is 40.4 Å². The number of fused-ring (bicyclic) bond motifs is 18. The van der Waals surface area contributed by atoms with Gasteiger partial charge in [0.05, 0.1) is 0 Å². The van der Waals surface area contributed by atoms with Crippen molar-refractivity contribution in [2.24, 2.45) is 20.0 Å². The van der Waals surface area contributed by atoms with Crippen LogP contribution in [0, 0.1) is 0 Å². The van der Waals surface area contributed by atoms with Gasteiger partial charge in [0, 0.05) is 43.8 Å². The molecule has 2 aromatic heterocycles. The highest BCUT2D eigenvalue weighted by Gasteiger charge is 2.30. The molecule has 0 fully saturated rings. The summed E-state index contributed by atoms with van der Waals surface area (Å²) in [7, 11) is 0. The molecule has 0 radical (unpaired) electrons. The molecule has 190 valence electrons. The highest BCUT2D eigenvalue weighted by molar-refractivity contribution is 6.17. The molecule has 0 saturated heterocycles. The largest absolute Gasteiger partial charge is 0.346 e. The maximum Gasteiger partial charge on any atom is 0.170 e. The van der Waals surface area contributed by atoms with E-state index in [0.29, 0.717) is 0 Å². The summed E-state index contributed by atoms with van der Waals surface area (Å²) in [6.07, 6.45) is -0.678. The smallest absolute Gasteiger partial charge is 0.170 e. The van der Waals surface area contributed by atoms with E-state index < -0.39 is 6.17 Å². The Morgan fingerprint density at radius 1 is 0.525 bits per heavy atom. The number of nitrogens with zero attached hydrogens (tertiary/aromatic N) is 4. The fourth-order valence-corrected chi connectivity index (χ4v) is 6.00. The number of aliphatic imine (C=N–C) groups is 2. The second-order valence-electron chi connectivity index (χ2n) is 10.2. The van der Waals surface area contributed by atoms with Crippen molar-refractivity contribution in [3.05, 3.63) is 130 Å². The van der Waals surface area contributed by atoms with Gasteiger partial charge in [-0.3, -0.25) is 0 Å². The molecule has 4 N–H and O–H groups in total.